The Morgan fingerprint density at radius 3 is 2.75 bits per heavy atom. The summed E-state index contributed by atoms with van der Waals surface area (Å²) in [5.74, 6) is -1.52. The lowest BCUT2D eigenvalue weighted by atomic mass is 9.79. The van der Waals surface area contributed by atoms with Crippen molar-refractivity contribution >= 4 is 17.5 Å². The van der Waals surface area contributed by atoms with Crippen molar-refractivity contribution in [2.45, 2.75) is 25.7 Å². The lowest BCUT2D eigenvalue weighted by Crippen LogP contribution is -2.29. The summed E-state index contributed by atoms with van der Waals surface area (Å²) in [6, 6.07) is 5.18. The van der Waals surface area contributed by atoms with E-state index in [4.69, 9.17) is 9.84 Å². The number of carboxylic acids is 1. The molecule has 0 aromatic heterocycles. The maximum atomic E-state index is 12.3. The highest BCUT2D eigenvalue weighted by Gasteiger charge is 2.32. The molecule has 2 rings (SSSR count). The normalized spacial score (nSPS) is 17.4. The number of benzene rings is 1. The van der Waals surface area contributed by atoms with Gasteiger partial charge in [0.1, 0.15) is 11.5 Å². The molecule has 0 radical (unpaired) electrons. The van der Waals surface area contributed by atoms with Crippen LogP contribution in [0.3, 0.4) is 0 Å². The fourth-order valence-corrected chi connectivity index (χ4v) is 2.47. The Kier molecular flexibility index (Phi) is 4.17. The van der Waals surface area contributed by atoms with Gasteiger partial charge in [-0.05, 0) is 36.6 Å². The largest absolute Gasteiger partial charge is 0.497 e. The van der Waals surface area contributed by atoms with Gasteiger partial charge in [-0.2, -0.15) is 0 Å². The number of hydrogen-bond acceptors (Lipinski definition) is 4. The molecule has 5 nitrogen and oxygen atoms in total. The monoisotopic (exact) mass is 276 g/mol. The van der Waals surface area contributed by atoms with E-state index in [0.717, 1.165) is 5.56 Å². The van der Waals surface area contributed by atoms with Crippen LogP contribution >= 0.6 is 0 Å². The second-order valence-corrected chi connectivity index (χ2v) is 4.84. The lowest BCUT2D eigenvalue weighted by molar-refractivity contribution is -0.138. The smallest absolute Gasteiger partial charge is 0.303 e. The first-order valence-corrected chi connectivity index (χ1v) is 6.48. The van der Waals surface area contributed by atoms with Crippen LogP contribution in [0.2, 0.25) is 0 Å². The molecule has 1 aliphatic rings. The van der Waals surface area contributed by atoms with Gasteiger partial charge in [0.05, 0.1) is 19.4 Å². The molecule has 0 saturated heterocycles. The molecular weight excluding hydrogens is 260 g/mol. The molecule has 1 aromatic rings. The summed E-state index contributed by atoms with van der Waals surface area (Å²) in [6.07, 6.45) is 0.758. The van der Waals surface area contributed by atoms with Crippen LogP contribution in [0.15, 0.2) is 18.2 Å². The molecule has 20 heavy (non-hydrogen) atoms. The maximum Gasteiger partial charge on any atom is 0.303 e. The standard InChI is InChI=1S/C15H16O5/c1-20-10-3-5-11-9(8-10)2-4-12(15(11)19)13(16)6-7-14(17)18/h3,5,8,12H,2,4,6-7H2,1H3,(H,17,18)/t12-/m1/s1. The summed E-state index contributed by atoms with van der Waals surface area (Å²) in [7, 11) is 1.56. The predicted octanol–water partition coefficient (Wildman–Crippen LogP) is 1.87. The maximum absolute atomic E-state index is 12.3. The second kappa shape index (κ2) is 5.86. The van der Waals surface area contributed by atoms with Crippen molar-refractivity contribution < 1.29 is 24.2 Å². The molecule has 106 valence electrons. The molecule has 0 fully saturated rings. The number of ether oxygens (including phenoxy) is 1. The van der Waals surface area contributed by atoms with Crippen LogP contribution in [0.4, 0.5) is 0 Å². The van der Waals surface area contributed by atoms with Gasteiger partial charge in [-0.1, -0.05) is 0 Å². The lowest BCUT2D eigenvalue weighted by Gasteiger charge is -2.22. The molecule has 1 aliphatic carbocycles. The van der Waals surface area contributed by atoms with E-state index in [1.807, 2.05) is 6.07 Å². The van der Waals surface area contributed by atoms with Gasteiger partial charge >= 0.3 is 5.97 Å². The Balaban J connectivity index is 2.15. The van der Waals surface area contributed by atoms with Crippen LogP contribution in [0, 0.1) is 5.92 Å². The third-order valence-corrected chi connectivity index (χ3v) is 3.57. The Bertz CT molecular complexity index is 561. The Morgan fingerprint density at radius 1 is 1.35 bits per heavy atom. The zero-order valence-electron chi connectivity index (χ0n) is 11.2. The van der Waals surface area contributed by atoms with Crippen LogP contribution in [-0.2, 0) is 16.0 Å². The number of ketones is 2. The molecule has 1 N–H and O–H groups in total. The molecule has 0 amide bonds. The summed E-state index contributed by atoms with van der Waals surface area (Å²) in [5, 5.41) is 8.59. The Hall–Kier alpha value is -2.17. The summed E-state index contributed by atoms with van der Waals surface area (Å²) in [6.45, 7) is 0. The number of carbonyl (C=O) groups excluding carboxylic acids is 2. The number of fused-ring (bicyclic) bond motifs is 1. The number of Topliss-reactive ketones (excluding diaryl/α,β-unsaturated/α-hetero) is 2. The third-order valence-electron chi connectivity index (χ3n) is 3.57. The van der Waals surface area contributed by atoms with E-state index in [-0.39, 0.29) is 24.4 Å². The molecule has 0 aliphatic heterocycles. The molecule has 0 bridgehead atoms. The van der Waals surface area contributed by atoms with E-state index in [0.29, 0.717) is 24.2 Å². The molecule has 0 heterocycles. The van der Waals surface area contributed by atoms with Crippen molar-refractivity contribution in [2.75, 3.05) is 7.11 Å². The van der Waals surface area contributed by atoms with Gasteiger partial charge in [0, 0.05) is 12.0 Å². The highest BCUT2D eigenvalue weighted by molar-refractivity contribution is 6.12. The quantitative estimate of drug-likeness (QED) is 0.830. The molecule has 0 unspecified atom stereocenters. The Morgan fingerprint density at radius 2 is 2.10 bits per heavy atom. The van der Waals surface area contributed by atoms with Crippen molar-refractivity contribution in [3.8, 4) is 5.75 Å². The van der Waals surface area contributed by atoms with Gasteiger partial charge in [0.15, 0.2) is 5.78 Å². The van der Waals surface area contributed by atoms with E-state index in [1.54, 1.807) is 19.2 Å². The third kappa shape index (κ3) is 2.87. The minimum Gasteiger partial charge on any atom is -0.497 e. The zero-order valence-corrected chi connectivity index (χ0v) is 11.2. The highest BCUT2D eigenvalue weighted by atomic mass is 16.5. The summed E-state index contributed by atoms with van der Waals surface area (Å²) in [4.78, 5) is 34.7. The van der Waals surface area contributed by atoms with E-state index < -0.39 is 11.9 Å². The van der Waals surface area contributed by atoms with Gasteiger partial charge in [-0.25, -0.2) is 0 Å². The van der Waals surface area contributed by atoms with Crippen LogP contribution in [0.5, 0.6) is 5.75 Å². The summed E-state index contributed by atoms with van der Waals surface area (Å²) >= 11 is 0. The van der Waals surface area contributed by atoms with E-state index >= 15 is 0 Å². The zero-order chi connectivity index (χ0) is 14.7. The van der Waals surface area contributed by atoms with Crippen molar-refractivity contribution in [1.82, 2.24) is 0 Å². The van der Waals surface area contributed by atoms with Gasteiger partial charge in [-0.3, -0.25) is 14.4 Å². The highest BCUT2D eigenvalue weighted by Crippen LogP contribution is 2.29. The van der Waals surface area contributed by atoms with E-state index in [1.165, 1.54) is 0 Å². The van der Waals surface area contributed by atoms with Gasteiger partial charge in [0.2, 0.25) is 0 Å². The minimum absolute atomic E-state index is 0.0861. The molecule has 1 aromatic carbocycles. The SMILES string of the molecule is COc1ccc2c(c1)CC[C@H](C(=O)CCC(=O)O)C2=O. The van der Waals surface area contributed by atoms with Crippen LogP contribution < -0.4 is 4.74 Å². The fraction of sp³-hybridized carbons (Fsp3) is 0.400. The van der Waals surface area contributed by atoms with Crippen LogP contribution in [-0.4, -0.2) is 29.8 Å². The predicted molar refractivity (Wildman–Crippen MR) is 71.0 cm³/mol. The molecular formula is C15H16O5. The number of methoxy groups -OCH3 is 1. The molecule has 0 saturated carbocycles. The van der Waals surface area contributed by atoms with E-state index in [2.05, 4.69) is 0 Å². The van der Waals surface area contributed by atoms with Crippen molar-refractivity contribution in [3.05, 3.63) is 29.3 Å². The average Bonchev–Trinajstić information content (AvgIpc) is 2.44. The van der Waals surface area contributed by atoms with Crippen LogP contribution in [0.25, 0.3) is 0 Å². The van der Waals surface area contributed by atoms with Gasteiger partial charge in [0.25, 0.3) is 0 Å². The van der Waals surface area contributed by atoms with Gasteiger partial charge in [-0.15, -0.1) is 0 Å². The number of rotatable bonds is 5. The summed E-state index contributed by atoms with van der Waals surface area (Å²) in [5.41, 5.74) is 1.43. The first-order chi connectivity index (χ1) is 9.52. The van der Waals surface area contributed by atoms with Crippen molar-refractivity contribution in [2.24, 2.45) is 5.92 Å². The first kappa shape index (κ1) is 14.2. The Labute approximate surface area is 116 Å². The van der Waals surface area contributed by atoms with E-state index in [9.17, 15) is 14.4 Å². The first-order valence-electron chi connectivity index (χ1n) is 6.48. The van der Waals surface area contributed by atoms with Crippen molar-refractivity contribution in [3.63, 3.8) is 0 Å². The summed E-state index contributed by atoms with van der Waals surface area (Å²) < 4.78 is 5.11. The molecule has 5 heteroatoms. The molecule has 0 spiro atoms. The topological polar surface area (TPSA) is 80.7 Å². The minimum atomic E-state index is -1.02. The molecule has 1 atom stereocenters. The average molecular weight is 276 g/mol. The fourth-order valence-electron chi connectivity index (χ4n) is 2.47. The number of aliphatic carboxylic acids is 1. The number of carbonyl (C=O) groups is 3. The van der Waals surface area contributed by atoms with Crippen LogP contribution in [0.1, 0.15) is 35.2 Å². The van der Waals surface area contributed by atoms with Crippen molar-refractivity contribution in [1.29, 1.82) is 0 Å². The number of hydrogen-bond donors (Lipinski definition) is 1. The second-order valence-electron chi connectivity index (χ2n) is 4.84. The number of aryl methyl sites for hydroxylation is 1. The number of carboxylic acid groups (broad SMARTS) is 1. The van der Waals surface area contributed by atoms with Gasteiger partial charge < -0.3 is 9.84 Å².